The third-order valence-electron chi connectivity index (χ3n) is 4.45. The number of halogens is 3. The van der Waals surface area contributed by atoms with E-state index >= 15 is 0 Å². The Bertz CT molecular complexity index is 635. The van der Waals surface area contributed by atoms with E-state index in [1.165, 1.54) is 12.3 Å². The standard InChI is InChI=1S/C18H27F3N4O3/c1-2-22-16(25-12-17(5-9-26)6-10-27-13-17)24-8-11-28-15-14(18(19,20)21)4-3-7-23-15/h3-4,7,26H,2,5-6,8-13H2,1H3,(H2,22,24,25). The fourth-order valence-electron chi connectivity index (χ4n) is 2.91. The van der Waals surface area contributed by atoms with E-state index in [0.29, 0.717) is 38.7 Å². The summed E-state index contributed by atoms with van der Waals surface area (Å²) in [5, 5.41) is 15.4. The first kappa shape index (κ1) is 22.2. The van der Waals surface area contributed by atoms with Crippen LogP contribution in [-0.4, -0.2) is 62.1 Å². The summed E-state index contributed by atoms with van der Waals surface area (Å²) in [6.07, 6.45) is -1.82. The van der Waals surface area contributed by atoms with E-state index in [1.54, 1.807) is 0 Å². The number of hydrogen-bond acceptors (Lipinski definition) is 5. The van der Waals surface area contributed by atoms with Crippen molar-refractivity contribution in [1.82, 2.24) is 15.6 Å². The number of pyridine rings is 1. The number of aromatic nitrogens is 1. The maximum absolute atomic E-state index is 12.9. The van der Waals surface area contributed by atoms with Gasteiger partial charge in [0.1, 0.15) is 12.2 Å². The van der Waals surface area contributed by atoms with Crippen molar-refractivity contribution >= 4 is 5.96 Å². The summed E-state index contributed by atoms with van der Waals surface area (Å²) in [5.41, 5.74) is -1.08. The zero-order valence-electron chi connectivity index (χ0n) is 15.9. The molecule has 0 aliphatic carbocycles. The molecule has 1 fully saturated rings. The average Bonchev–Trinajstić information content (AvgIpc) is 3.12. The second-order valence-electron chi connectivity index (χ2n) is 6.60. The highest BCUT2D eigenvalue weighted by Crippen LogP contribution is 2.34. The zero-order chi connectivity index (χ0) is 20.5. The smallest absolute Gasteiger partial charge is 0.421 e. The van der Waals surface area contributed by atoms with E-state index in [4.69, 9.17) is 9.47 Å². The molecule has 2 heterocycles. The van der Waals surface area contributed by atoms with Gasteiger partial charge in [-0.1, -0.05) is 0 Å². The Balaban J connectivity index is 1.88. The van der Waals surface area contributed by atoms with Gasteiger partial charge in [0, 0.05) is 31.4 Å². The highest BCUT2D eigenvalue weighted by Gasteiger charge is 2.35. The molecule has 0 aromatic carbocycles. The molecular formula is C18H27F3N4O3. The van der Waals surface area contributed by atoms with E-state index in [2.05, 4.69) is 20.6 Å². The monoisotopic (exact) mass is 404 g/mol. The third-order valence-corrected chi connectivity index (χ3v) is 4.45. The minimum atomic E-state index is -4.52. The lowest BCUT2D eigenvalue weighted by Gasteiger charge is -2.24. The molecule has 0 saturated carbocycles. The molecule has 1 saturated heterocycles. The Morgan fingerprint density at radius 2 is 2.25 bits per heavy atom. The number of nitrogens with one attached hydrogen (secondary N) is 2. The van der Waals surface area contributed by atoms with Crippen LogP contribution in [0.5, 0.6) is 5.88 Å². The fourth-order valence-corrected chi connectivity index (χ4v) is 2.91. The summed E-state index contributed by atoms with van der Waals surface area (Å²) >= 11 is 0. The second-order valence-corrected chi connectivity index (χ2v) is 6.60. The number of alkyl halides is 3. The second kappa shape index (κ2) is 10.5. The first-order valence-corrected chi connectivity index (χ1v) is 9.26. The summed E-state index contributed by atoms with van der Waals surface area (Å²) in [5.74, 6) is 0.0936. The molecule has 1 unspecified atom stereocenters. The number of aliphatic hydroxyl groups excluding tert-OH is 1. The number of aliphatic hydroxyl groups is 1. The van der Waals surface area contributed by atoms with Gasteiger partial charge in [-0.05, 0) is 31.9 Å². The third kappa shape index (κ3) is 6.52. The van der Waals surface area contributed by atoms with E-state index in [0.717, 1.165) is 12.5 Å². The molecule has 0 bridgehead atoms. The Kier molecular flexibility index (Phi) is 8.31. The van der Waals surface area contributed by atoms with Crippen LogP contribution in [0.4, 0.5) is 13.2 Å². The zero-order valence-corrected chi connectivity index (χ0v) is 15.9. The number of ether oxygens (including phenoxy) is 2. The van der Waals surface area contributed by atoms with Crippen LogP contribution >= 0.6 is 0 Å². The van der Waals surface area contributed by atoms with Crippen LogP contribution < -0.4 is 15.4 Å². The molecule has 28 heavy (non-hydrogen) atoms. The van der Waals surface area contributed by atoms with Crippen molar-refractivity contribution in [1.29, 1.82) is 0 Å². The normalized spacial score (nSPS) is 20.2. The number of rotatable bonds is 9. The maximum Gasteiger partial charge on any atom is 0.421 e. The molecule has 3 N–H and O–H groups in total. The molecule has 1 atom stereocenters. The molecular weight excluding hydrogens is 377 g/mol. The van der Waals surface area contributed by atoms with E-state index in [-0.39, 0.29) is 25.2 Å². The molecule has 2 rings (SSSR count). The van der Waals surface area contributed by atoms with Crippen LogP contribution in [-0.2, 0) is 10.9 Å². The summed E-state index contributed by atoms with van der Waals surface area (Å²) < 4.78 is 49.5. The van der Waals surface area contributed by atoms with Crippen molar-refractivity contribution in [3.8, 4) is 5.88 Å². The van der Waals surface area contributed by atoms with E-state index in [1.807, 2.05) is 6.92 Å². The van der Waals surface area contributed by atoms with Gasteiger partial charge in [0.05, 0.1) is 19.7 Å². The molecule has 1 aliphatic rings. The average molecular weight is 404 g/mol. The predicted octanol–water partition coefficient (Wildman–Crippen LogP) is 1.82. The van der Waals surface area contributed by atoms with Gasteiger partial charge >= 0.3 is 6.18 Å². The minimum absolute atomic E-state index is 0.00456. The van der Waals surface area contributed by atoms with Gasteiger partial charge in [-0.25, -0.2) is 4.98 Å². The maximum atomic E-state index is 12.9. The van der Waals surface area contributed by atoms with Crippen LogP contribution in [0.3, 0.4) is 0 Å². The lowest BCUT2D eigenvalue weighted by molar-refractivity contribution is -0.139. The lowest BCUT2D eigenvalue weighted by atomic mass is 9.84. The summed E-state index contributed by atoms with van der Waals surface area (Å²) in [6, 6.07) is 2.16. The quantitative estimate of drug-likeness (QED) is 0.331. The van der Waals surface area contributed by atoms with Crippen LogP contribution in [0.2, 0.25) is 0 Å². The Hall–Kier alpha value is -2.07. The number of guanidine groups is 1. The van der Waals surface area contributed by atoms with Crippen molar-refractivity contribution in [2.24, 2.45) is 10.4 Å². The largest absolute Gasteiger partial charge is 0.475 e. The Labute approximate surface area is 162 Å². The summed E-state index contributed by atoms with van der Waals surface area (Å²) in [7, 11) is 0. The SMILES string of the molecule is CCNC(=NCC1(CCO)CCOC1)NCCOc1ncccc1C(F)(F)F. The molecule has 158 valence electrons. The van der Waals surface area contributed by atoms with Crippen LogP contribution in [0.25, 0.3) is 0 Å². The number of nitrogens with zero attached hydrogens (tertiary/aromatic N) is 2. The van der Waals surface area contributed by atoms with Crippen molar-refractivity contribution < 1.29 is 27.8 Å². The van der Waals surface area contributed by atoms with E-state index < -0.39 is 17.6 Å². The van der Waals surface area contributed by atoms with Crippen molar-refractivity contribution in [3.05, 3.63) is 23.9 Å². The predicted molar refractivity (Wildman–Crippen MR) is 98.3 cm³/mol. The molecule has 7 nitrogen and oxygen atoms in total. The van der Waals surface area contributed by atoms with Crippen molar-refractivity contribution in [3.63, 3.8) is 0 Å². The van der Waals surface area contributed by atoms with Gasteiger partial charge in [-0.15, -0.1) is 0 Å². The summed E-state index contributed by atoms with van der Waals surface area (Å²) in [6.45, 7) is 4.57. The molecule has 0 amide bonds. The van der Waals surface area contributed by atoms with Crippen molar-refractivity contribution in [2.45, 2.75) is 25.9 Å². The van der Waals surface area contributed by atoms with Gasteiger partial charge < -0.3 is 25.2 Å². The van der Waals surface area contributed by atoms with Gasteiger partial charge in [0.2, 0.25) is 5.88 Å². The molecule has 0 spiro atoms. The fraction of sp³-hybridized carbons (Fsp3) is 0.667. The van der Waals surface area contributed by atoms with Gasteiger partial charge in [-0.3, -0.25) is 4.99 Å². The van der Waals surface area contributed by atoms with Gasteiger partial charge in [-0.2, -0.15) is 13.2 Å². The van der Waals surface area contributed by atoms with Gasteiger partial charge in [0.25, 0.3) is 0 Å². The lowest BCUT2D eigenvalue weighted by Crippen LogP contribution is -2.40. The van der Waals surface area contributed by atoms with E-state index in [9.17, 15) is 18.3 Å². The molecule has 1 aliphatic heterocycles. The minimum Gasteiger partial charge on any atom is -0.475 e. The number of aliphatic imine (C=N–C) groups is 1. The van der Waals surface area contributed by atoms with Crippen LogP contribution in [0, 0.1) is 5.41 Å². The summed E-state index contributed by atoms with van der Waals surface area (Å²) in [4.78, 5) is 8.20. The van der Waals surface area contributed by atoms with Gasteiger partial charge in [0.15, 0.2) is 5.96 Å². The Morgan fingerprint density at radius 3 is 2.89 bits per heavy atom. The number of hydrogen-bond donors (Lipinski definition) is 3. The first-order chi connectivity index (χ1) is 13.4. The highest BCUT2D eigenvalue weighted by atomic mass is 19.4. The first-order valence-electron chi connectivity index (χ1n) is 9.26. The molecule has 10 heteroatoms. The molecule has 0 radical (unpaired) electrons. The highest BCUT2D eigenvalue weighted by molar-refractivity contribution is 5.79. The molecule has 1 aromatic rings. The topological polar surface area (TPSA) is 88.0 Å². The molecule has 1 aromatic heterocycles. The van der Waals surface area contributed by atoms with Crippen LogP contribution in [0.15, 0.2) is 23.3 Å². The Morgan fingerprint density at radius 1 is 1.43 bits per heavy atom. The van der Waals surface area contributed by atoms with Crippen molar-refractivity contribution in [2.75, 3.05) is 46.1 Å². The van der Waals surface area contributed by atoms with Crippen LogP contribution in [0.1, 0.15) is 25.3 Å².